The van der Waals surface area contributed by atoms with Crippen molar-refractivity contribution in [2.75, 3.05) is 38.6 Å². The van der Waals surface area contributed by atoms with Crippen LogP contribution in [-0.4, -0.2) is 62.7 Å². The average molecular weight is 472 g/mol. The standard InChI is InChI=1S/C24H29N3O5S/c1-32-21-10-9-19(17-22(21)33(30,31)27-13-5-6-14-27)24(29)26-15-11-18(12-16-26)23(28)25-20-7-3-2-4-8-20/h2-4,7-10,17-18H,5-6,11-16H2,1H3,(H,25,28). The highest BCUT2D eigenvalue weighted by molar-refractivity contribution is 7.89. The SMILES string of the molecule is COc1ccc(C(=O)N2CCC(C(=O)Nc3ccccc3)CC2)cc1S(=O)(=O)N1CCCC1. The summed E-state index contributed by atoms with van der Waals surface area (Å²) in [6.07, 6.45) is 2.76. The molecular weight excluding hydrogens is 442 g/mol. The molecule has 0 aromatic heterocycles. The minimum Gasteiger partial charge on any atom is -0.495 e. The molecule has 2 fully saturated rings. The molecule has 0 bridgehead atoms. The van der Waals surface area contributed by atoms with Crippen molar-refractivity contribution in [3.8, 4) is 5.75 Å². The van der Waals surface area contributed by atoms with Crippen molar-refractivity contribution in [3.63, 3.8) is 0 Å². The maximum absolute atomic E-state index is 13.1. The minimum absolute atomic E-state index is 0.0230. The molecule has 176 valence electrons. The topological polar surface area (TPSA) is 96.0 Å². The molecule has 2 aliphatic rings. The number of nitrogens with one attached hydrogen (secondary N) is 1. The van der Waals surface area contributed by atoms with Crippen molar-refractivity contribution in [2.24, 2.45) is 5.92 Å². The van der Waals surface area contributed by atoms with Crippen molar-refractivity contribution in [1.29, 1.82) is 0 Å². The van der Waals surface area contributed by atoms with E-state index in [-0.39, 0.29) is 28.4 Å². The molecule has 2 aliphatic heterocycles. The van der Waals surface area contributed by atoms with E-state index in [4.69, 9.17) is 4.74 Å². The van der Waals surface area contributed by atoms with Gasteiger partial charge in [-0.3, -0.25) is 9.59 Å². The number of piperidine rings is 1. The van der Waals surface area contributed by atoms with Crippen LogP contribution >= 0.6 is 0 Å². The first-order valence-electron chi connectivity index (χ1n) is 11.2. The molecule has 9 heteroatoms. The van der Waals surface area contributed by atoms with Crippen molar-refractivity contribution in [3.05, 3.63) is 54.1 Å². The van der Waals surface area contributed by atoms with Gasteiger partial charge >= 0.3 is 0 Å². The van der Waals surface area contributed by atoms with Crippen LogP contribution in [0.25, 0.3) is 0 Å². The highest BCUT2D eigenvalue weighted by Gasteiger charge is 2.32. The van der Waals surface area contributed by atoms with E-state index in [2.05, 4.69) is 5.32 Å². The summed E-state index contributed by atoms with van der Waals surface area (Å²) < 4.78 is 32.9. The second kappa shape index (κ2) is 9.93. The number of carbonyl (C=O) groups is 2. The molecular formula is C24H29N3O5S. The van der Waals surface area contributed by atoms with Gasteiger partial charge in [-0.15, -0.1) is 0 Å². The molecule has 4 rings (SSSR count). The quantitative estimate of drug-likeness (QED) is 0.699. The third kappa shape index (κ3) is 5.04. The van der Waals surface area contributed by atoms with Crippen LogP contribution in [0.5, 0.6) is 5.75 Å². The Morgan fingerprint density at radius 2 is 1.64 bits per heavy atom. The van der Waals surface area contributed by atoms with Gasteiger partial charge in [0.05, 0.1) is 7.11 Å². The van der Waals surface area contributed by atoms with Crippen LogP contribution < -0.4 is 10.1 Å². The van der Waals surface area contributed by atoms with Crippen LogP contribution in [0.4, 0.5) is 5.69 Å². The summed E-state index contributed by atoms with van der Waals surface area (Å²) in [5, 5.41) is 2.92. The van der Waals surface area contributed by atoms with Crippen molar-refractivity contribution >= 4 is 27.5 Å². The molecule has 2 heterocycles. The molecule has 0 spiro atoms. The Kier molecular flexibility index (Phi) is 6.99. The van der Waals surface area contributed by atoms with Crippen molar-refractivity contribution in [1.82, 2.24) is 9.21 Å². The maximum Gasteiger partial charge on any atom is 0.253 e. The Morgan fingerprint density at radius 1 is 0.970 bits per heavy atom. The summed E-state index contributed by atoms with van der Waals surface area (Å²) in [6, 6.07) is 13.9. The zero-order chi connectivity index (χ0) is 23.4. The van der Waals surface area contributed by atoms with E-state index in [0.717, 1.165) is 18.5 Å². The Hall–Kier alpha value is -2.91. The number of likely N-dealkylation sites (tertiary alicyclic amines) is 1. The zero-order valence-electron chi connectivity index (χ0n) is 18.7. The van der Waals surface area contributed by atoms with Gasteiger partial charge in [0.25, 0.3) is 5.91 Å². The van der Waals surface area contributed by atoms with Crippen LogP contribution in [0, 0.1) is 5.92 Å². The number of amides is 2. The van der Waals surface area contributed by atoms with E-state index in [0.29, 0.717) is 44.6 Å². The van der Waals surface area contributed by atoms with Crippen LogP contribution in [0.1, 0.15) is 36.0 Å². The summed E-state index contributed by atoms with van der Waals surface area (Å²) in [5.41, 5.74) is 1.06. The molecule has 2 aromatic rings. The molecule has 2 saturated heterocycles. The molecule has 0 saturated carbocycles. The first-order valence-corrected chi connectivity index (χ1v) is 12.7. The number of hydrogen-bond donors (Lipinski definition) is 1. The fraction of sp³-hybridized carbons (Fsp3) is 0.417. The molecule has 8 nitrogen and oxygen atoms in total. The number of benzene rings is 2. The largest absolute Gasteiger partial charge is 0.495 e. The average Bonchev–Trinajstić information content (AvgIpc) is 3.40. The van der Waals surface area contributed by atoms with Gasteiger partial charge in [-0.2, -0.15) is 4.31 Å². The molecule has 0 atom stereocenters. The van der Waals surface area contributed by atoms with E-state index in [9.17, 15) is 18.0 Å². The van der Waals surface area contributed by atoms with Crippen LogP contribution in [0.3, 0.4) is 0 Å². The predicted octanol–water partition coefficient (Wildman–Crippen LogP) is 2.97. The summed E-state index contributed by atoms with van der Waals surface area (Å²) >= 11 is 0. The maximum atomic E-state index is 13.1. The molecule has 2 amide bonds. The first-order chi connectivity index (χ1) is 15.9. The number of ether oxygens (including phenoxy) is 1. The summed E-state index contributed by atoms with van der Waals surface area (Å²) in [6.45, 7) is 1.82. The molecule has 0 aliphatic carbocycles. The van der Waals surface area contributed by atoms with Gasteiger partial charge in [-0.1, -0.05) is 18.2 Å². The fourth-order valence-electron chi connectivity index (χ4n) is 4.37. The lowest BCUT2D eigenvalue weighted by Gasteiger charge is -2.31. The van der Waals surface area contributed by atoms with Crippen LogP contribution in [-0.2, 0) is 14.8 Å². The second-order valence-corrected chi connectivity index (χ2v) is 10.3. The van der Waals surface area contributed by atoms with Gasteiger partial charge in [0.2, 0.25) is 15.9 Å². The monoisotopic (exact) mass is 471 g/mol. The molecule has 33 heavy (non-hydrogen) atoms. The number of hydrogen-bond acceptors (Lipinski definition) is 5. The van der Waals surface area contributed by atoms with Gasteiger partial charge in [0, 0.05) is 43.3 Å². The zero-order valence-corrected chi connectivity index (χ0v) is 19.5. The Bertz CT molecular complexity index is 1110. The molecule has 0 unspecified atom stereocenters. The van der Waals surface area contributed by atoms with Gasteiger partial charge in [0.1, 0.15) is 10.6 Å². The summed E-state index contributed by atoms with van der Waals surface area (Å²) in [4.78, 5) is 27.4. The van der Waals surface area contributed by atoms with Crippen LogP contribution in [0.2, 0.25) is 0 Å². The van der Waals surface area contributed by atoms with Gasteiger partial charge in [0.15, 0.2) is 0 Å². The predicted molar refractivity (Wildman–Crippen MR) is 125 cm³/mol. The van der Waals surface area contributed by atoms with E-state index in [1.54, 1.807) is 11.0 Å². The number of sulfonamides is 1. The molecule has 0 radical (unpaired) electrons. The summed E-state index contributed by atoms with van der Waals surface area (Å²) in [7, 11) is -2.31. The van der Waals surface area contributed by atoms with Crippen LogP contribution in [0.15, 0.2) is 53.4 Å². The lowest BCUT2D eigenvalue weighted by atomic mass is 9.95. The first kappa shape index (κ1) is 23.3. The smallest absolute Gasteiger partial charge is 0.253 e. The third-order valence-corrected chi connectivity index (χ3v) is 8.21. The second-order valence-electron chi connectivity index (χ2n) is 8.40. The van der Waals surface area contributed by atoms with Crippen molar-refractivity contribution < 1.29 is 22.7 Å². The van der Waals surface area contributed by atoms with Gasteiger partial charge in [-0.05, 0) is 56.0 Å². The van der Waals surface area contributed by atoms with E-state index in [1.807, 2.05) is 30.3 Å². The lowest BCUT2D eigenvalue weighted by Crippen LogP contribution is -2.41. The van der Waals surface area contributed by atoms with E-state index < -0.39 is 10.0 Å². The third-order valence-electron chi connectivity index (χ3n) is 6.29. The lowest BCUT2D eigenvalue weighted by molar-refractivity contribution is -0.121. The van der Waals surface area contributed by atoms with E-state index >= 15 is 0 Å². The number of anilines is 1. The Labute approximate surface area is 194 Å². The normalized spacial score (nSPS) is 17.7. The minimum atomic E-state index is -3.73. The highest BCUT2D eigenvalue weighted by Crippen LogP contribution is 2.31. The molecule has 2 aromatic carbocycles. The number of rotatable bonds is 6. The Morgan fingerprint density at radius 3 is 2.27 bits per heavy atom. The number of nitrogens with zero attached hydrogens (tertiary/aromatic N) is 2. The molecule has 1 N–H and O–H groups in total. The van der Waals surface area contributed by atoms with Gasteiger partial charge in [-0.25, -0.2) is 8.42 Å². The number of carbonyl (C=O) groups excluding carboxylic acids is 2. The summed E-state index contributed by atoms with van der Waals surface area (Å²) in [5.74, 6) is -0.222. The highest BCUT2D eigenvalue weighted by atomic mass is 32.2. The number of para-hydroxylation sites is 1. The van der Waals surface area contributed by atoms with Gasteiger partial charge < -0.3 is 15.0 Å². The Balaban J connectivity index is 1.44. The number of methoxy groups -OCH3 is 1. The van der Waals surface area contributed by atoms with Crippen molar-refractivity contribution in [2.45, 2.75) is 30.6 Å². The fourth-order valence-corrected chi connectivity index (χ4v) is 6.07. The van der Waals surface area contributed by atoms with E-state index in [1.165, 1.54) is 23.5 Å².